The second kappa shape index (κ2) is 5.23. The van der Waals surface area contributed by atoms with E-state index in [0.29, 0.717) is 5.56 Å². The van der Waals surface area contributed by atoms with E-state index in [2.05, 4.69) is 0 Å². The summed E-state index contributed by atoms with van der Waals surface area (Å²) < 4.78 is 36.9. The van der Waals surface area contributed by atoms with E-state index in [1.807, 2.05) is 0 Å². The number of carboxylic acids is 1. The molecule has 1 N–H and O–H groups in total. The zero-order valence-corrected chi connectivity index (χ0v) is 9.22. The van der Waals surface area contributed by atoms with Crippen molar-refractivity contribution in [3.63, 3.8) is 0 Å². The molecule has 0 fully saturated rings. The van der Waals surface area contributed by atoms with Gasteiger partial charge in [-0.3, -0.25) is 4.79 Å². The summed E-state index contributed by atoms with van der Waals surface area (Å²) in [7, 11) is 0. The lowest BCUT2D eigenvalue weighted by Crippen LogP contribution is -2.04. The first-order chi connectivity index (χ1) is 7.80. The molecule has 2 nitrogen and oxygen atoms in total. The molecule has 0 aliphatic heterocycles. The van der Waals surface area contributed by atoms with Crippen LogP contribution >= 0.6 is 11.6 Å². The third kappa shape index (κ3) is 4.11. The number of hydrogen-bond donors (Lipinski definition) is 1. The molecule has 17 heavy (non-hydrogen) atoms. The van der Waals surface area contributed by atoms with E-state index < -0.39 is 17.7 Å². The lowest BCUT2D eigenvalue weighted by molar-refractivity contribution is -0.138. The van der Waals surface area contributed by atoms with Crippen molar-refractivity contribution in [1.29, 1.82) is 0 Å². The number of alkyl halides is 3. The second-order valence-electron chi connectivity index (χ2n) is 3.23. The highest BCUT2D eigenvalue weighted by molar-refractivity contribution is 6.32. The van der Waals surface area contributed by atoms with Gasteiger partial charge in [0, 0.05) is 5.02 Å². The smallest absolute Gasteiger partial charge is 0.416 e. The molecule has 0 radical (unpaired) electrons. The predicted molar refractivity (Wildman–Crippen MR) is 57.7 cm³/mol. The van der Waals surface area contributed by atoms with Crippen LogP contribution < -0.4 is 0 Å². The van der Waals surface area contributed by atoms with Gasteiger partial charge >= 0.3 is 12.1 Å². The highest BCUT2D eigenvalue weighted by Gasteiger charge is 2.30. The third-order valence-electron chi connectivity index (χ3n) is 1.92. The summed E-state index contributed by atoms with van der Waals surface area (Å²) in [4.78, 5) is 10.2. The molecule has 0 saturated carbocycles. The van der Waals surface area contributed by atoms with E-state index in [4.69, 9.17) is 16.7 Å². The minimum absolute atomic E-state index is 0.0681. The fraction of sp³-hybridized carbons (Fsp3) is 0.182. The van der Waals surface area contributed by atoms with Gasteiger partial charge in [0.05, 0.1) is 12.0 Å². The average molecular weight is 265 g/mol. The van der Waals surface area contributed by atoms with Gasteiger partial charge < -0.3 is 5.11 Å². The van der Waals surface area contributed by atoms with Crippen LogP contribution in [0.4, 0.5) is 13.2 Å². The molecule has 0 aliphatic carbocycles. The Kier molecular flexibility index (Phi) is 4.17. The van der Waals surface area contributed by atoms with Crippen LogP contribution in [-0.2, 0) is 11.0 Å². The molecule has 1 aromatic rings. The summed E-state index contributed by atoms with van der Waals surface area (Å²) in [5.74, 6) is -1.02. The first-order valence-electron chi connectivity index (χ1n) is 4.56. The topological polar surface area (TPSA) is 37.3 Å². The maximum Gasteiger partial charge on any atom is 0.416 e. The standard InChI is InChI=1S/C11H8ClF3O2/c12-9-6-8(11(13,14)15)5-4-7(9)2-1-3-10(16)17/h1-2,4-6H,3H2,(H,16,17). The number of aliphatic carboxylic acids is 1. The molecule has 0 amide bonds. The van der Waals surface area contributed by atoms with Gasteiger partial charge in [0.15, 0.2) is 0 Å². The SMILES string of the molecule is O=C(O)CC=Cc1ccc(C(F)(F)F)cc1Cl. The van der Waals surface area contributed by atoms with Gasteiger partial charge in [-0.1, -0.05) is 29.8 Å². The quantitative estimate of drug-likeness (QED) is 0.900. The molecule has 0 aliphatic rings. The van der Waals surface area contributed by atoms with E-state index >= 15 is 0 Å². The van der Waals surface area contributed by atoms with Crippen molar-refractivity contribution in [2.45, 2.75) is 12.6 Å². The van der Waals surface area contributed by atoms with Gasteiger partial charge in [-0.05, 0) is 17.7 Å². The number of halogens is 4. The predicted octanol–water partition coefficient (Wildman–Crippen LogP) is 3.85. The van der Waals surface area contributed by atoms with Gasteiger partial charge in [-0.15, -0.1) is 0 Å². The lowest BCUT2D eigenvalue weighted by atomic mass is 10.1. The van der Waals surface area contributed by atoms with Crippen molar-refractivity contribution in [3.05, 3.63) is 40.4 Å². The van der Waals surface area contributed by atoms with E-state index in [-0.39, 0.29) is 11.4 Å². The molecular weight excluding hydrogens is 257 g/mol. The van der Waals surface area contributed by atoms with Crippen molar-refractivity contribution in [2.24, 2.45) is 0 Å². The Bertz CT molecular complexity index is 453. The highest BCUT2D eigenvalue weighted by Crippen LogP contribution is 2.32. The number of carboxylic acid groups (broad SMARTS) is 1. The summed E-state index contributed by atoms with van der Waals surface area (Å²) >= 11 is 5.65. The number of carbonyl (C=O) groups is 1. The fourth-order valence-electron chi connectivity index (χ4n) is 1.13. The van der Waals surface area contributed by atoms with Crippen LogP contribution in [0.25, 0.3) is 6.08 Å². The van der Waals surface area contributed by atoms with Gasteiger partial charge in [0.1, 0.15) is 0 Å². The van der Waals surface area contributed by atoms with Gasteiger partial charge in [0.25, 0.3) is 0 Å². The highest BCUT2D eigenvalue weighted by atomic mass is 35.5. The van der Waals surface area contributed by atoms with Crippen LogP contribution in [0.2, 0.25) is 5.02 Å². The van der Waals surface area contributed by atoms with E-state index in [1.165, 1.54) is 18.2 Å². The summed E-state index contributed by atoms with van der Waals surface area (Å²) in [6.45, 7) is 0. The minimum Gasteiger partial charge on any atom is -0.481 e. The molecule has 0 aromatic heterocycles. The normalized spacial score (nSPS) is 12.0. The molecular formula is C11H8ClF3O2. The Balaban J connectivity index is 2.91. The summed E-state index contributed by atoms with van der Waals surface area (Å²) in [6.07, 6.45) is -1.96. The van der Waals surface area contributed by atoms with Crippen LogP contribution in [0, 0.1) is 0 Å². The van der Waals surface area contributed by atoms with Crippen molar-refractivity contribution in [2.75, 3.05) is 0 Å². The molecule has 0 heterocycles. The first-order valence-corrected chi connectivity index (χ1v) is 4.93. The Morgan fingerprint density at radius 1 is 1.41 bits per heavy atom. The van der Waals surface area contributed by atoms with Crippen molar-refractivity contribution < 1.29 is 23.1 Å². The maximum absolute atomic E-state index is 12.3. The number of benzene rings is 1. The molecule has 6 heteroatoms. The Morgan fingerprint density at radius 3 is 2.53 bits per heavy atom. The lowest BCUT2D eigenvalue weighted by Gasteiger charge is -2.07. The molecule has 0 saturated heterocycles. The van der Waals surface area contributed by atoms with Gasteiger partial charge in [-0.25, -0.2) is 0 Å². The van der Waals surface area contributed by atoms with Crippen LogP contribution in [0.3, 0.4) is 0 Å². The van der Waals surface area contributed by atoms with Crippen LogP contribution in [0.5, 0.6) is 0 Å². The molecule has 1 rings (SSSR count). The zero-order chi connectivity index (χ0) is 13.1. The Labute approximate surface area is 100 Å². The fourth-order valence-corrected chi connectivity index (χ4v) is 1.37. The van der Waals surface area contributed by atoms with Crippen molar-refractivity contribution in [3.8, 4) is 0 Å². The zero-order valence-electron chi connectivity index (χ0n) is 8.46. The first kappa shape index (κ1) is 13.6. The van der Waals surface area contributed by atoms with E-state index in [9.17, 15) is 18.0 Å². The average Bonchev–Trinajstić information content (AvgIpc) is 2.18. The molecule has 0 spiro atoms. The van der Waals surface area contributed by atoms with Crippen LogP contribution in [0.1, 0.15) is 17.5 Å². The molecule has 0 bridgehead atoms. The number of hydrogen-bond acceptors (Lipinski definition) is 1. The largest absolute Gasteiger partial charge is 0.481 e. The third-order valence-corrected chi connectivity index (χ3v) is 2.24. The monoisotopic (exact) mass is 264 g/mol. The maximum atomic E-state index is 12.3. The molecule has 1 aromatic carbocycles. The molecule has 92 valence electrons. The van der Waals surface area contributed by atoms with Crippen molar-refractivity contribution >= 4 is 23.6 Å². The van der Waals surface area contributed by atoms with Crippen molar-refractivity contribution in [1.82, 2.24) is 0 Å². The van der Waals surface area contributed by atoms with Gasteiger partial charge in [-0.2, -0.15) is 13.2 Å². The van der Waals surface area contributed by atoms with E-state index in [1.54, 1.807) is 0 Å². The summed E-state index contributed by atoms with van der Waals surface area (Å²) in [5, 5.41) is 8.31. The molecule has 0 atom stereocenters. The van der Waals surface area contributed by atoms with Crippen LogP contribution in [0.15, 0.2) is 24.3 Å². The summed E-state index contributed by atoms with van der Waals surface area (Å²) in [5.41, 5.74) is -0.487. The second-order valence-corrected chi connectivity index (χ2v) is 3.64. The molecule has 0 unspecified atom stereocenters. The van der Waals surface area contributed by atoms with Gasteiger partial charge in [0.2, 0.25) is 0 Å². The minimum atomic E-state index is -4.44. The Morgan fingerprint density at radius 2 is 2.06 bits per heavy atom. The Hall–Kier alpha value is -1.49. The van der Waals surface area contributed by atoms with Crippen LogP contribution in [-0.4, -0.2) is 11.1 Å². The van der Waals surface area contributed by atoms with E-state index in [0.717, 1.165) is 12.1 Å². The number of rotatable bonds is 3. The summed E-state index contributed by atoms with van der Waals surface area (Å²) in [6, 6.07) is 2.90.